The van der Waals surface area contributed by atoms with Gasteiger partial charge in [-0.05, 0) is 31.4 Å². The first kappa shape index (κ1) is 20.3. The molecule has 3 amide bonds. The summed E-state index contributed by atoms with van der Waals surface area (Å²) in [5.41, 5.74) is 0.860. The summed E-state index contributed by atoms with van der Waals surface area (Å²) in [6, 6.07) is 8.51. The Hall–Kier alpha value is -2.93. The number of likely N-dealkylation sites (tertiary alicyclic amines) is 1. The highest BCUT2D eigenvalue weighted by molar-refractivity contribution is 6.31. The Labute approximate surface area is 179 Å². The molecule has 1 unspecified atom stereocenters. The molecule has 1 atom stereocenters. The number of pyridine rings is 1. The van der Waals surface area contributed by atoms with Crippen molar-refractivity contribution >= 4 is 29.3 Å². The molecule has 0 radical (unpaired) electrons. The average Bonchev–Trinajstić information content (AvgIpc) is 3.00. The SMILES string of the molecule is O=C(CCCN1C(=O)c2ccccc2C1=O)N1CCCC(Oc2ccncc2Cl)C1. The third-order valence-corrected chi connectivity index (χ3v) is 5.69. The zero-order chi connectivity index (χ0) is 21.1. The highest BCUT2D eigenvalue weighted by atomic mass is 35.5. The van der Waals surface area contributed by atoms with E-state index in [0.717, 1.165) is 12.8 Å². The maximum Gasteiger partial charge on any atom is 0.261 e. The molecule has 0 aliphatic carbocycles. The number of hydrogen-bond acceptors (Lipinski definition) is 5. The van der Waals surface area contributed by atoms with Crippen LogP contribution in [0.25, 0.3) is 0 Å². The Kier molecular flexibility index (Phi) is 5.99. The highest BCUT2D eigenvalue weighted by Crippen LogP contribution is 2.26. The van der Waals surface area contributed by atoms with Crippen LogP contribution in [0.5, 0.6) is 5.75 Å². The van der Waals surface area contributed by atoms with Gasteiger partial charge in [0.2, 0.25) is 5.91 Å². The van der Waals surface area contributed by atoms with Crippen molar-refractivity contribution in [3.63, 3.8) is 0 Å². The molecule has 0 saturated carbocycles. The largest absolute Gasteiger partial charge is 0.487 e. The van der Waals surface area contributed by atoms with Gasteiger partial charge in [0.25, 0.3) is 11.8 Å². The van der Waals surface area contributed by atoms with E-state index in [0.29, 0.717) is 41.4 Å². The maximum absolute atomic E-state index is 12.7. The minimum absolute atomic E-state index is 0.000680. The van der Waals surface area contributed by atoms with Crippen LogP contribution < -0.4 is 4.74 Å². The predicted molar refractivity (Wildman–Crippen MR) is 111 cm³/mol. The Balaban J connectivity index is 1.28. The fourth-order valence-corrected chi connectivity index (χ4v) is 4.05. The van der Waals surface area contributed by atoms with Crippen molar-refractivity contribution in [3.8, 4) is 5.75 Å². The number of hydrogen-bond donors (Lipinski definition) is 0. The quantitative estimate of drug-likeness (QED) is 0.661. The number of ether oxygens (including phenoxy) is 1. The molecule has 2 aromatic rings. The van der Waals surface area contributed by atoms with E-state index in [9.17, 15) is 14.4 Å². The fraction of sp³-hybridized carbons (Fsp3) is 0.364. The van der Waals surface area contributed by atoms with Gasteiger partial charge in [0.05, 0.1) is 17.7 Å². The number of fused-ring (bicyclic) bond motifs is 1. The molecule has 2 aliphatic heterocycles. The van der Waals surface area contributed by atoms with E-state index < -0.39 is 0 Å². The topological polar surface area (TPSA) is 79.8 Å². The summed E-state index contributed by atoms with van der Waals surface area (Å²) in [7, 11) is 0. The van der Waals surface area contributed by atoms with Crippen LogP contribution in [0, 0.1) is 0 Å². The van der Waals surface area contributed by atoms with Crippen LogP contribution in [0.3, 0.4) is 0 Å². The summed E-state index contributed by atoms with van der Waals surface area (Å²) in [4.78, 5) is 44.4. The number of carbonyl (C=O) groups is 3. The van der Waals surface area contributed by atoms with Crippen LogP contribution in [0.4, 0.5) is 0 Å². The minimum Gasteiger partial charge on any atom is -0.487 e. The zero-order valence-corrected chi connectivity index (χ0v) is 17.2. The summed E-state index contributed by atoms with van der Waals surface area (Å²) in [6.45, 7) is 1.40. The van der Waals surface area contributed by atoms with Gasteiger partial charge < -0.3 is 9.64 Å². The van der Waals surface area contributed by atoms with Crippen LogP contribution >= 0.6 is 11.6 Å². The number of piperidine rings is 1. The molecule has 1 aromatic carbocycles. The van der Waals surface area contributed by atoms with Crippen LogP contribution in [-0.4, -0.2) is 58.2 Å². The molecule has 3 heterocycles. The van der Waals surface area contributed by atoms with E-state index in [1.54, 1.807) is 41.4 Å². The molecular weight excluding hydrogens is 406 g/mol. The van der Waals surface area contributed by atoms with E-state index in [2.05, 4.69) is 4.98 Å². The van der Waals surface area contributed by atoms with Crippen molar-refractivity contribution in [2.45, 2.75) is 31.8 Å². The molecule has 8 heteroatoms. The van der Waals surface area contributed by atoms with Gasteiger partial charge >= 0.3 is 0 Å². The zero-order valence-electron chi connectivity index (χ0n) is 16.4. The first-order valence-electron chi connectivity index (χ1n) is 10.0. The summed E-state index contributed by atoms with van der Waals surface area (Å²) in [5, 5.41) is 0.446. The maximum atomic E-state index is 12.7. The van der Waals surface area contributed by atoms with Gasteiger partial charge in [-0.3, -0.25) is 24.3 Å². The highest BCUT2D eigenvalue weighted by Gasteiger charge is 2.34. The number of amides is 3. The van der Waals surface area contributed by atoms with Crippen LogP contribution in [-0.2, 0) is 4.79 Å². The lowest BCUT2D eigenvalue weighted by molar-refractivity contribution is -0.134. The molecule has 0 spiro atoms. The molecule has 2 aliphatic rings. The van der Waals surface area contributed by atoms with Crippen molar-refractivity contribution in [2.24, 2.45) is 0 Å². The molecule has 0 N–H and O–H groups in total. The lowest BCUT2D eigenvalue weighted by atomic mass is 10.1. The Bertz CT molecular complexity index is 945. The molecule has 1 fully saturated rings. The van der Waals surface area contributed by atoms with E-state index >= 15 is 0 Å². The third kappa shape index (κ3) is 4.16. The Morgan fingerprint density at radius 2 is 1.90 bits per heavy atom. The standard InChI is InChI=1S/C22H22ClN3O4/c23-18-13-24-10-9-19(18)30-15-5-3-11-25(14-15)20(27)8-4-12-26-21(28)16-6-1-2-7-17(16)22(26)29/h1-2,6-7,9-10,13,15H,3-5,8,11-12,14H2. The lowest BCUT2D eigenvalue weighted by Crippen LogP contribution is -2.44. The van der Waals surface area contributed by atoms with Crippen molar-refractivity contribution in [3.05, 3.63) is 58.9 Å². The monoisotopic (exact) mass is 427 g/mol. The number of carbonyl (C=O) groups excluding carboxylic acids is 3. The van der Waals surface area contributed by atoms with Crippen molar-refractivity contribution < 1.29 is 19.1 Å². The molecule has 4 rings (SSSR count). The minimum atomic E-state index is -0.288. The third-order valence-electron chi connectivity index (χ3n) is 5.41. The van der Waals surface area contributed by atoms with Crippen LogP contribution in [0.2, 0.25) is 5.02 Å². The smallest absolute Gasteiger partial charge is 0.261 e. The van der Waals surface area contributed by atoms with Gasteiger partial charge in [0.1, 0.15) is 16.9 Å². The normalized spacial score (nSPS) is 18.5. The lowest BCUT2D eigenvalue weighted by Gasteiger charge is -2.33. The average molecular weight is 428 g/mol. The second kappa shape index (κ2) is 8.83. The number of nitrogens with zero attached hydrogens (tertiary/aromatic N) is 3. The van der Waals surface area contributed by atoms with Gasteiger partial charge in [-0.15, -0.1) is 0 Å². The fourth-order valence-electron chi connectivity index (χ4n) is 3.89. The second-order valence-corrected chi connectivity index (χ2v) is 7.85. The molecule has 7 nitrogen and oxygen atoms in total. The van der Waals surface area contributed by atoms with Gasteiger partial charge in [-0.2, -0.15) is 0 Å². The van der Waals surface area contributed by atoms with Gasteiger partial charge in [-0.25, -0.2) is 0 Å². The van der Waals surface area contributed by atoms with Gasteiger partial charge in [0, 0.05) is 38.0 Å². The number of benzene rings is 1. The van der Waals surface area contributed by atoms with E-state index in [1.807, 2.05) is 0 Å². The number of halogens is 1. The predicted octanol–water partition coefficient (Wildman–Crippen LogP) is 3.18. The second-order valence-electron chi connectivity index (χ2n) is 7.44. The number of imide groups is 1. The van der Waals surface area contributed by atoms with Crippen molar-refractivity contribution in [2.75, 3.05) is 19.6 Å². The Morgan fingerprint density at radius 3 is 2.60 bits per heavy atom. The summed E-state index contributed by atoms with van der Waals surface area (Å²) >= 11 is 6.10. The molecule has 156 valence electrons. The van der Waals surface area contributed by atoms with E-state index in [1.165, 1.54) is 11.1 Å². The van der Waals surface area contributed by atoms with Gasteiger partial charge in [0.15, 0.2) is 0 Å². The van der Waals surface area contributed by atoms with Crippen molar-refractivity contribution in [1.82, 2.24) is 14.8 Å². The van der Waals surface area contributed by atoms with Crippen LogP contribution in [0.15, 0.2) is 42.7 Å². The summed E-state index contributed by atoms with van der Waals surface area (Å²) in [5.74, 6) is -0.00949. The molecule has 1 saturated heterocycles. The summed E-state index contributed by atoms with van der Waals surface area (Å²) < 4.78 is 5.95. The molecular formula is C22H22ClN3O4. The van der Waals surface area contributed by atoms with E-state index in [4.69, 9.17) is 16.3 Å². The molecule has 0 bridgehead atoms. The summed E-state index contributed by atoms with van der Waals surface area (Å²) in [6.07, 6.45) is 5.42. The first-order valence-corrected chi connectivity index (χ1v) is 10.4. The molecule has 1 aromatic heterocycles. The number of aromatic nitrogens is 1. The first-order chi connectivity index (χ1) is 14.5. The molecule has 30 heavy (non-hydrogen) atoms. The van der Waals surface area contributed by atoms with Crippen molar-refractivity contribution in [1.29, 1.82) is 0 Å². The van der Waals surface area contributed by atoms with Crippen LogP contribution in [0.1, 0.15) is 46.4 Å². The Morgan fingerprint density at radius 1 is 1.17 bits per heavy atom. The van der Waals surface area contributed by atoms with Gasteiger partial charge in [-0.1, -0.05) is 23.7 Å². The number of rotatable bonds is 6. The van der Waals surface area contributed by atoms with E-state index in [-0.39, 0.29) is 36.8 Å².